The van der Waals surface area contributed by atoms with Crippen molar-refractivity contribution in [1.29, 1.82) is 0 Å². The number of amides is 2. The van der Waals surface area contributed by atoms with E-state index in [2.05, 4.69) is 74.1 Å². The van der Waals surface area contributed by atoms with E-state index in [9.17, 15) is 9.59 Å². The molecule has 2 aromatic heterocycles. The molecule has 8 rings (SSSR count). The molecule has 0 aliphatic carbocycles. The van der Waals surface area contributed by atoms with Crippen molar-refractivity contribution >= 4 is 33.8 Å². The quantitative estimate of drug-likeness (QED) is 0.170. The van der Waals surface area contributed by atoms with E-state index in [1.165, 1.54) is 24.3 Å². The summed E-state index contributed by atoms with van der Waals surface area (Å²) < 4.78 is 10.4. The van der Waals surface area contributed by atoms with Crippen LogP contribution >= 0.6 is 0 Å². The summed E-state index contributed by atoms with van der Waals surface area (Å²) in [5, 5.41) is 8.67. The van der Waals surface area contributed by atoms with Gasteiger partial charge in [0.2, 0.25) is 5.91 Å². The Hall–Kier alpha value is -4.74. The Morgan fingerprint density at radius 2 is 1.69 bits per heavy atom. The average molecular weight is 648 g/mol. The summed E-state index contributed by atoms with van der Waals surface area (Å²) in [5.41, 5.74) is 6.16. The van der Waals surface area contributed by atoms with Gasteiger partial charge < -0.3 is 35.0 Å². The first kappa shape index (κ1) is 30.6. The van der Waals surface area contributed by atoms with Crippen LogP contribution < -0.4 is 10.6 Å². The summed E-state index contributed by atoms with van der Waals surface area (Å²) >= 11 is 0. The Balaban J connectivity index is 1.02. The van der Waals surface area contributed by atoms with Gasteiger partial charge in [-0.15, -0.1) is 0 Å². The van der Waals surface area contributed by atoms with Crippen LogP contribution in [0.3, 0.4) is 0 Å². The van der Waals surface area contributed by atoms with Crippen LogP contribution in [0.1, 0.15) is 62.3 Å². The number of likely N-dealkylation sites (tertiary alicyclic amines) is 1. The molecular formula is C37H41N7O4. The molecule has 3 fully saturated rings. The third kappa shape index (κ3) is 5.92. The number of nitrogens with one attached hydrogen (secondary N) is 4. The number of methoxy groups -OCH3 is 1. The predicted octanol–water partition coefficient (Wildman–Crippen LogP) is 6.01. The molecule has 2 amide bonds. The zero-order valence-electron chi connectivity index (χ0n) is 27.1. The average Bonchev–Trinajstić information content (AvgIpc) is 3.96. The minimum atomic E-state index is -0.659. The molecular weight excluding hydrogens is 606 g/mol. The Kier molecular flexibility index (Phi) is 8.31. The lowest BCUT2D eigenvalue weighted by Crippen LogP contribution is -2.53. The van der Waals surface area contributed by atoms with Crippen molar-refractivity contribution < 1.29 is 19.1 Å². The third-order valence-corrected chi connectivity index (χ3v) is 10.3. The molecule has 248 valence electrons. The van der Waals surface area contributed by atoms with Crippen molar-refractivity contribution in [1.82, 2.24) is 35.5 Å². The van der Waals surface area contributed by atoms with Gasteiger partial charge in [0.05, 0.1) is 42.1 Å². The van der Waals surface area contributed by atoms with Crippen molar-refractivity contribution in [3.63, 3.8) is 0 Å². The summed E-state index contributed by atoms with van der Waals surface area (Å²) in [4.78, 5) is 44.7. The van der Waals surface area contributed by atoms with Gasteiger partial charge in [0.25, 0.3) is 0 Å². The second-order valence-electron chi connectivity index (χ2n) is 13.2. The van der Waals surface area contributed by atoms with Gasteiger partial charge in [0, 0.05) is 25.3 Å². The molecule has 5 heterocycles. The highest BCUT2D eigenvalue weighted by Gasteiger charge is 2.40. The predicted molar refractivity (Wildman–Crippen MR) is 183 cm³/mol. The Labute approximate surface area is 278 Å². The zero-order chi connectivity index (χ0) is 32.6. The Morgan fingerprint density at radius 1 is 0.917 bits per heavy atom. The number of hydrogen-bond acceptors (Lipinski definition) is 7. The number of rotatable bonds is 7. The van der Waals surface area contributed by atoms with Gasteiger partial charge in [-0.1, -0.05) is 30.3 Å². The minimum absolute atomic E-state index is 0.00385. The number of aromatic nitrogens is 4. The molecule has 48 heavy (non-hydrogen) atoms. The molecule has 0 unspecified atom stereocenters. The molecule has 4 N–H and O–H groups in total. The molecule has 11 nitrogen and oxygen atoms in total. The highest BCUT2D eigenvalue weighted by molar-refractivity contribution is 5.92. The SMILES string of the molecule is COC(=O)N[C@H](C(=O)N1CCC[C@H]1c1nc2ccc(-c3ccc4cc(-c5cnc([C@@H]6CCCN6)[nH]5)ccc4c3)cc2[nH]1)C1CCOCC1. The van der Waals surface area contributed by atoms with E-state index in [-0.39, 0.29) is 17.9 Å². The van der Waals surface area contributed by atoms with Gasteiger partial charge in [-0.2, -0.15) is 0 Å². The van der Waals surface area contributed by atoms with Crippen molar-refractivity contribution in [2.45, 2.75) is 56.7 Å². The van der Waals surface area contributed by atoms with Gasteiger partial charge in [-0.25, -0.2) is 14.8 Å². The van der Waals surface area contributed by atoms with Crippen LogP contribution in [0.4, 0.5) is 4.79 Å². The van der Waals surface area contributed by atoms with Crippen molar-refractivity contribution in [3.8, 4) is 22.4 Å². The molecule has 5 aromatic rings. The lowest BCUT2D eigenvalue weighted by Gasteiger charge is -2.34. The van der Waals surface area contributed by atoms with E-state index < -0.39 is 12.1 Å². The number of hydrogen-bond donors (Lipinski definition) is 4. The second-order valence-corrected chi connectivity index (χ2v) is 13.2. The maximum Gasteiger partial charge on any atom is 0.407 e. The normalized spacial score (nSPS) is 20.8. The molecule has 11 heteroatoms. The molecule has 0 saturated carbocycles. The monoisotopic (exact) mass is 647 g/mol. The van der Waals surface area contributed by atoms with Gasteiger partial charge in [0.1, 0.15) is 17.7 Å². The van der Waals surface area contributed by atoms with Crippen LogP contribution in [-0.4, -0.2) is 76.3 Å². The number of alkyl carbamates (subject to hydrolysis) is 1. The lowest BCUT2D eigenvalue weighted by atomic mass is 9.90. The molecule has 0 radical (unpaired) electrons. The number of ether oxygens (including phenoxy) is 2. The van der Waals surface area contributed by atoms with Crippen LogP contribution in [0.5, 0.6) is 0 Å². The fourth-order valence-corrected chi connectivity index (χ4v) is 7.65. The summed E-state index contributed by atoms with van der Waals surface area (Å²) in [6.07, 6.45) is 6.75. The van der Waals surface area contributed by atoms with Gasteiger partial charge in [0.15, 0.2) is 0 Å². The lowest BCUT2D eigenvalue weighted by molar-refractivity contribution is -0.136. The smallest absolute Gasteiger partial charge is 0.407 e. The van der Waals surface area contributed by atoms with E-state index in [1.807, 2.05) is 17.2 Å². The number of benzene rings is 3. The molecule has 3 aromatic carbocycles. The topological polar surface area (TPSA) is 137 Å². The van der Waals surface area contributed by atoms with Gasteiger partial charge in [-0.3, -0.25) is 4.79 Å². The molecule has 3 aliphatic rings. The van der Waals surface area contributed by atoms with Gasteiger partial charge in [-0.05, 0) is 97.2 Å². The number of carbonyl (C=O) groups is 2. The second kappa shape index (κ2) is 13.0. The minimum Gasteiger partial charge on any atom is -0.453 e. The molecule has 0 spiro atoms. The summed E-state index contributed by atoms with van der Waals surface area (Å²) in [6, 6.07) is 18.8. The summed E-state index contributed by atoms with van der Waals surface area (Å²) in [6.45, 7) is 2.82. The molecule has 3 aliphatic heterocycles. The van der Waals surface area contributed by atoms with E-state index in [0.717, 1.165) is 70.9 Å². The first-order valence-corrected chi connectivity index (χ1v) is 17.1. The van der Waals surface area contributed by atoms with Crippen LogP contribution in [0.15, 0.2) is 60.8 Å². The number of nitrogens with zero attached hydrogens (tertiary/aromatic N) is 3. The summed E-state index contributed by atoms with van der Waals surface area (Å²) in [7, 11) is 1.32. The summed E-state index contributed by atoms with van der Waals surface area (Å²) in [5.74, 6) is 1.69. The number of H-pyrrole nitrogens is 2. The highest BCUT2D eigenvalue weighted by atomic mass is 16.5. The van der Waals surface area contributed by atoms with Crippen LogP contribution in [0.2, 0.25) is 0 Å². The van der Waals surface area contributed by atoms with Crippen molar-refractivity contribution in [2.24, 2.45) is 5.92 Å². The van der Waals surface area contributed by atoms with E-state index in [4.69, 9.17) is 14.5 Å². The molecule has 3 atom stereocenters. The first-order chi connectivity index (χ1) is 23.5. The number of aromatic amines is 2. The molecule has 0 bridgehead atoms. The van der Waals surface area contributed by atoms with E-state index >= 15 is 0 Å². The van der Waals surface area contributed by atoms with E-state index in [1.54, 1.807) is 0 Å². The largest absolute Gasteiger partial charge is 0.453 e. The van der Waals surface area contributed by atoms with Gasteiger partial charge >= 0.3 is 6.09 Å². The number of carbonyl (C=O) groups excluding carboxylic acids is 2. The number of fused-ring (bicyclic) bond motifs is 2. The third-order valence-electron chi connectivity index (χ3n) is 10.3. The van der Waals surface area contributed by atoms with Crippen LogP contribution in [0.25, 0.3) is 44.2 Å². The fraction of sp³-hybridized carbons (Fsp3) is 0.405. The highest BCUT2D eigenvalue weighted by Crippen LogP contribution is 2.35. The standard InChI is InChI=1S/C37H41N7O4/c1-47-37(46)43-33(22-12-16-48-17-13-22)36(45)44-15-3-5-32(44)35-40-28-11-10-26(20-30(28)41-35)24-6-7-25-19-27(9-8-23(25)18-24)31-21-39-34(42-31)29-4-2-14-38-29/h6-11,18-22,29,32-33,38H,2-5,12-17H2,1H3,(H,39,42)(H,40,41)(H,43,46)/t29-,32-,33-/m0/s1. The number of imidazole rings is 2. The maximum absolute atomic E-state index is 14.0. The maximum atomic E-state index is 14.0. The first-order valence-electron chi connectivity index (χ1n) is 17.1. The van der Waals surface area contributed by atoms with Crippen molar-refractivity contribution in [2.75, 3.05) is 33.4 Å². The zero-order valence-corrected chi connectivity index (χ0v) is 27.1. The molecule has 3 saturated heterocycles. The van der Waals surface area contributed by atoms with Crippen LogP contribution in [0, 0.1) is 5.92 Å². The van der Waals surface area contributed by atoms with E-state index in [0.29, 0.717) is 38.6 Å². The van der Waals surface area contributed by atoms with Crippen LogP contribution in [-0.2, 0) is 14.3 Å². The Bertz CT molecular complexity index is 1960. The fourth-order valence-electron chi connectivity index (χ4n) is 7.65. The Morgan fingerprint density at radius 3 is 2.48 bits per heavy atom. The van der Waals surface area contributed by atoms with Crippen molar-refractivity contribution in [3.05, 3.63) is 72.4 Å².